The lowest BCUT2D eigenvalue weighted by atomic mass is 10.1. The van der Waals surface area contributed by atoms with Gasteiger partial charge in [-0.15, -0.1) is 0 Å². The molecule has 2 heterocycles. The summed E-state index contributed by atoms with van der Waals surface area (Å²) in [6.07, 6.45) is 1.52. The molecule has 1 N–H and O–H groups in total. The molecule has 0 saturated carbocycles. The molecule has 5 heteroatoms. The zero-order valence-electron chi connectivity index (χ0n) is 13.7. The minimum absolute atomic E-state index is 0.0450. The first kappa shape index (κ1) is 15.3. The van der Waals surface area contributed by atoms with Gasteiger partial charge in [-0.2, -0.15) is 0 Å². The van der Waals surface area contributed by atoms with Gasteiger partial charge in [-0.05, 0) is 31.0 Å². The molecule has 1 aliphatic rings. The average molecular weight is 311 g/mol. The summed E-state index contributed by atoms with van der Waals surface area (Å²) >= 11 is 0. The number of benzene rings is 1. The molecule has 1 aliphatic heterocycles. The number of nitrogens with one attached hydrogen (secondary N) is 1. The molecule has 0 unspecified atom stereocenters. The van der Waals surface area contributed by atoms with Crippen LogP contribution in [0.5, 0.6) is 0 Å². The molecule has 1 atom stereocenters. The number of hydrogen-bond donors (Lipinski definition) is 1. The Balaban J connectivity index is 1.98. The van der Waals surface area contributed by atoms with E-state index in [0.717, 1.165) is 17.8 Å². The summed E-state index contributed by atoms with van der Waals surface area (Å²) in [5.74, 6) is -0.0450. The Morgan fingerprint density at radius 2 is 2.04 bits per heavy atom. The van der Waals surface area contributed by atoms with Gasteiger partial charge in [-0.25, -0.2) is 0 Å². The highest BCUT2D eigenvalue weighted by Crippen LogP contribution is 2.27. The van der Waals surface area contributed by atoms with Gasteiger partial charge < -0.3 is 14.8 Å². The van der Waals surface area contributed by atoms with Crippen molar-refractivity contribution in [1.29, 1.82) is 0 Å². The predicted octanol–water partition coefficient (Wildman–Crippen LogP) is 2.16. The van der Waals surface area contributed by atoms with Crippen molar-refractivity contribution in [3.8, 4) is 0 Å². The van der Waals surface area contributed by atoms with Gasteiger partial charge in [-0.3, -0.25) is 9.59 Å². The third-order valence-electron chi connectivity index (χ3n) is 4.44. The third kappa shape index (κ3) is 2.86. The van der Waals surface area contributed by atoms with Crippen LogP contribution in [0.2, 0.25) is 0 Å². The van der Waals surface area contributed by atoms with Crippen LogP contribution in [0.15, 0.2) is 41.3 Å². The number of carbonyl (C=O) groups excluding carboxylic acids is 1. The molecule has 0 radical (unpaired) electrons. The number of aromatic amines is 1. The van der Waals surface area contributed by atoms with Crippen LogP contribution in [-0.4, -0.2) is 35.4 Å². The fourth-order valence-electron chi connectivity index (χ4n) is 3.18. The molecular weight excluding hydrogens is 290 g/mol. The summed E-state index contributed by atoms with van der Waals surface area (Å²) in [4.78, 5) is 31.0. The van der Waals surface area contributed by atoms with Crippen molar-refractivity contribution >= 4 is 11.6 Å². The predicted molar refractivity (Wildman–Crippen MR) is 90.8 cm³/mol. The molecule has 5 nitrogen and oxygen atoms in total. The maximum Gasteiger partial charge on any atom is 0.256 e. The number of para-hydroxylation sites is 1. The van der Waals surface area contributed by atoms with Crippen LogP contribution < -0.4 is 10.5 Å². The first-order chi connectivity index (χ1) is 11.0. The maximum atomic E-state index is 13.0. The largest absolute Gasteiger partial charge is 0.372 e. The van der Waals surface area contributed by atoms with Crippen LogP contribution in [0, 0.1) is 6.92 Å². The van der Waals surface area contributed by atoms with Gasteiger partial charge in [0, 0.05) is 44.1 Å². The molecule has 120 valence electrons. The van der Waals surface area contributed by atoms with Crippen LogP contribution in [-0.2, 0) is 6.54 Å². The monoisotopic (exact) mass is 311 g/mol. The number of hydrogen-bond acceptors (Lipinski definition) is 3. The van der Waals surface area contributed by atoms with Gasteiger partial charge in [0.1, 0.15) is 0 Å². The second-order valence-corrected chi connectivity index (χ2v) is 6.19. The van der Waals surface area contributed by atoms with Crippen LogP contribution in [0.1, 0.15) is 28.4 Å². The summed E-state index contributed by atoms with van der Waals surface area (Å²) in [6, 6.07) is 9.70. The highest BCUT2D eigenvalue weighted by Gasteiger charge is 2.28. The average Bonchev–Trinajstić information content (AvgIpc) is 2.64. The Bertz CT molecular complexity index is 797. The van der Waals surface area contributed by atoms with Gasteiger partial charge in [-0.1, -0.05) is 18.2 Å². The second kappa shape index (κ2) is 5.91. The fraction of sp³-hybridized carbons (Fsp3) is 0.333. The third-order valence-corrected chi connectivity index (χ3v) is 4.44. The molecule has 0 aliphatic carbocycles. The number of fused-ring (bicyclic) bond motifs is 1. The molecule has 1 aromatic heterocycles. The van der Waals surface area contributed by atoms with Crippen LogP contribution in [0.25, 0.3) is 0 Å². The van der Waals surface area contributed by atoms with Gasteiger partial charge in [0.15, 0.2) is 0 Å². The molecule has 1 aromatic carbocycles. The van der Waals surface area contributed by atoms with Crippen molar-refractivity contribution in [3.05, 3.63) is 63.6 Å². The number of pyridine rings is 1. The van der Waals surface area contributed by atoms with E-state index in [1.54, 1.807) is 6.92 Å². The summed E-state index contributed by atoms with van der Waals surface area (Å²) < 4.78 is 0. The Morgan fingerprint density at radius 1 is 1.30 bits per heavy atom. The second-order valence-electron chi connectivity index (χ2n) is 6.19. The smallest absolute Gasteiger partial charge is 0.256 e. The number of anilines is 1. The van der Waals surface area contributed by atoms with Crippen molar-refractivity contribution in [2.75, 3.05) is 18.5 Å². The quantitative estimate of drug-likeness (QED) is 0.878. The van der Waals surface area contributed by atoms with Gasteiger partial charge in [0.2, 0.25) is 5.56 Å². The molecule has 3 rings (SSSR count). The van der Waals surface area contributed by atoms with E-state index in [4.69, 9.17) is 0 Å². The molecule has 23 heavy (non-hydrogen) atoms. The van der Waals surface area contributed by atoms with E-state index in [2.05, 4.69) is 36.0 Å². The van der Waals surface area contributed by atoms with Crippen LogP contribution >= 0.6 is 0 Å². The molecule has 0 fully saturated rings. The lowest BCUT2D eigenvalue weighted by Crippen LogP contribution is -2.42. The summed E-state index contributed by atoms with van der Waals surface area (Å²) in [6.45, 7) is 5.19. The molecular formula is C18H21N3O2. The maximum absolute atomic E-state index is 13.0. The molecule has 0 saturated heterocycles. The van der Waals surface area contributed by atoms with Crippen molar-refractivity contribution in [2.24, 2.45) is 0 Å². The zero-order valence-corrected chi connectivity index (χ0v) is 13.7. The summed E-state index contributed by atoms with van der Waals surface area (Å²) in [5.41, 5.74) is 3.37. The number of carbonyl (C=O) groups is 1. The van der Waals surface area contributed by atoms with Gasteiger partial charge in [0.25, 0.3) is 5.91 Å². The van der Waals surface area contributed by atoms with Gasteiger partial charge in [0.05, 0.1) is 5.56 Å². The Hall–Kier alpha value is -2.56. The first-order valence-electron chi connectivity index (χ1n) is 7.76. The van der Waals surface area contributed by atoms with Crippen LogP contribution in [0.3, 0.4) is 0 Å². The Morgan fingerprint density at radius 3 is 2.78 bits per heavy atom. The molecule has 1 amide bonds. The fourth-order valence-corrected chi connectivity index (χ4v) is 3.18. The number of rotatable bonds is 1. The highest BCUT2D eigenvalue weighted by molar-refractivity contribution is 5.95. The Labute approximate surface area is 135 Å². The lowest BCUT2D eigenvalue weighted by molar-refractivity contribution is 0.0686. The lowest BCUT2D eigenvalue weighted by Gasteiger charge is -2.29. The van der Waals surface area contributed by atoms with E-state index in [0.29, 0.717) is 17.7 Å². The Kier molecular flexibility index (Phi) is 3.94. The minimum Gasteiger partial charge on any atom is -0.372 e. The van der Waals surface area contributed by atoms with E-state index in [1.165, 1.54) is 12.3 Å². The van der Waals surface area contributed by atoms with Crippen LogP contribution in [0.4, 0.5) is 5.69 Å². The van der Waals surface area contributed by atoms with Crippen molar-refractivity contribution in [1.82, 2.24) is 9.88 Å². The summed E-state index contributed by atoms with van der Waals surface area (Å²) in [7, 11) is 2.05. The van der Waals surface area contributed by atoms with E-state index in [-0.39, 0.29) is 17.5 Å². The number of likely N-dealkylation sites (N-methyl/N-ethyl adjacent to an activating group) is 1. The number of H-pyrrole nitrogens is 1. The molecule has 2 aromatic rings. The first-order valence-corrected chi connectivity index (χ1v) is 7.76. The molecule has 0 bridgehead atoms. The standard InChI is InChI=1S/C18H21N3O2/c1-12-8-17(22)19-9-15(12)18(23)21-11-14-6-4-5-7-16(14)20(3)10-13(21)2/h4-9,13H,10-11H2,1-3H3,(H,19,22)/t13-/m0/s1. The van der Waals surface area contributed by atoms with E-state index in [1.807, 2.05) is 17.0 Å². The molecule has 0 spiro atoms. The van der Waals surface area contributed by atoms with E-state index >= 15 is 0 Å². The number of aromatic nitrogens is 1. The SMILES string of the molecule is Cc1cc(=O)[nH]cc1C(=O)N1Cc2ccccc2N(C)C[C@@H]1C. The van der Waals surface area contributed by atoms with E-state index < -0.39 is 0 Å². The van der Waals surface area contributed by atoms with Crippen molar-refractivity contribution in [2.45, 2.75) is 26.4 Å². The zero-order chi connectivity index (χ0) is 16.6. The topological polar surface area (TPSA) is 56.4 Å². The number of nitrogens with zero attached hydrogens (tertiary/aromatic N) is 2. The number of amides is 1. The summed E-state index contributed by atoms with van der Waals surface area (Å²) in [5, 5.41) is 0. The van der Waals surface area contributed by atoms with Crippen molar-refractivity contribution < 1.29 is 4.79 Å². The minimum atomic E-state index is -0.187. The van der Waals surface area contributed by atoms with Gasteiger partial charge >= 0.3 is 0 Å². The highest BCUT2D eigenvalue weighted by atomic mass is 16.2. The van der Waals surface area contributed by atoms with Crippen molar-refractivity contribution in [3.63, 3.8) is 0 Å². The van der Waals surface area contributed by atoms with E-state index in [9.17, 15) is 9.59 Å². The normalized spacial score (nSPS) is 17.6. The number of aryl methyl sites for hydroxylation is 1.